The first-order valence-corrected chi connectivity index (χ1v) is 8.79. The molecule has 0 fully saturated rings. The standard InChI is InChI=1S/C17H15NO5S/c1-11(19)12-3-2-4-15(10-12)24(21,22)18-17(20)14-5-6-16-13(9-14)7-8-23-16/h2-6,9-10H,7-8H2,1H3,(H,18,20). The maximum atomic E-state index is 12.4. The van der Waals surface area contributed by atoms with Crippen molar-refractivity contribution in [3.8, 4) is 5.75 Å². The van der Waals surface area contributed by atoms with Gasteiger partial charge in [-0.15, -0.1) is 0 Å². The maximum Gasteiger partial charge on any atom is 0.265 e. The van der Waals surface area contributed by atoms with E-state index < -0.39 is 15.9 Å². The highest BCUT2D eigenvalue weighted by atomic mass is 32.2. The fourth-order valence-electron chi connectivity index (χ4n) is 2.45. The minimum atomic E-state index is -4.06. The Kier molecular flexibility index (Phi) is 4.11. The van der Waals surface area contributed by atoms with E-state index in [0.717, 1.165) is 5.56 Å². The minimum Gasteiger partial charge on any atom is -0.493 e. The third kappa shape index (κ3) is 3.16. The fraction of sp³-hybridized carbons (Fsp3) is 0.176. The van der Waals surface area contributed by atoms with Crippen LogP contribution < -0.4 is 9.46 Å². The van der Waals surface area contributed by atoms with Crippen molar-refractivity contribution < 1.29 is 22.7 Å². The molecule has 0 spiro atoms. The molecule has 0 atom stereocenters. The molecule has 0 aromatic heterocycles. The van der Waals surface area contributed by atoms with Crippen molar-refractivity contribution in [1.82, 2.24) is 4.72 Å². The molecule has 7 heteroatoms. The number of benzene rings is 2. The van der Waals surface area contributed by atoms with Crippen molar-refractivity contribution in [2.45, 2.75) is 18.2 Å². The average Bonchev–Trinajstić information content (AvgIpc) is 3.02. The molecule has 6 nitrogen and oxygen atoms in total. The Bertz CT molecular complexity index is 934. The summed E-state index contributed by atoms with van der Waals surface area (Å²) in [6.07, 6.45) is 0.684. The van der Waals surface area contributed by atoms with E-state index in [1.807, 2.05) is 4.72 Å². The number of ether oxygens (including phenoxy) is 1. The number of nitrogens with one attached hydrogen (secondary N) is 1. The molecule has 0 saturated heterocycles. The first-order valence-electron chi connectivity index (χ1n) is 7.31. The lowest BCUT2D eigenvalue weighted by Gasteiger charge is -2.08. The Hall–Kier alpha value is -2.67. The second-order valence-corrected chi connectivity index (χ2v) is 7.12. The van der Waals surface area contributed by atoms with Crippen molar-refractivity contribution in [1.29, 1.82) is 0 Å². The second kappa shape index (κ2) is 6.09. The lowest BCUT2D eigenvalue weighted by Crippen LogP contribution is -2.30. The zero-order valence-electron chi connectivity index (χ0n) is 12.9. The van der Waals surface area contributed by atoms with Gasteiger partial charge in [-0.3, -0.25) is 9.59 Å². The van der Waals surface area contributed by atoms with Crippen LogP contribution in [-0.4, -0.2) is 26.7 Å². The van der Waals surface area contributed by atoms with Gasteiger partial charge in [-0.25, -0.2) is 13.1 Å². The molecular weight excluding hydrogens is 330 g/mol. The van der Waals surface area contributed by atoms with Gasteiger partial charge < -0.3 is 4.74 Å². The van der Waals surface area contributed by atoms with Crippen molar-refractivity contribution in [3.05, 3.63) is 59.2 Å². The number of hydrogen-bond acceptors (Lipinski definition) is 5. The summed E-state index contributed by atoms with van der Waals surface area (Å²) < 4.78 is 32.1. The molecule has 124 valence electrons. The quantitative estimate of drug-likeness (QED) is 0.856. The largest absolute Gasteiger partial charge is 0.493 e. The number of carbonyl (C=O) groups excluding carboxylic acids is 2. The van der Waals surface area contributed by atoms with Crippen LogP contribution in [0.3, 0.4) is 0 Å². The molecule has 0 bridgehead atoms. The maximum absolute atomic E-state index is 12.4. The molecule has 0 unspecified atom stereocenters. The van der Waals surface area contributed by atoms with E-state index in [1.54, 1.807) is 12.1 Å². The molecule has 2 aromatic rings. The molecular formula is C17H15NO5S. The molecule has 0 radical (unpaired) electrons. The molecule has 3 rings (SSSR count). The molecule has 1 aliphatic heterocycles. The number of amides is 1. The van der Waals surface area contributed by atoms with Gasteiger partial charge in [0.15, 0.2) is 5.78 Å². The summed E-state index contributed by atoms with van der Waals surface area (Å²) in [5, 5.41) is 0. The number of ketones is 1. The molecule has 2 aromatic carbocycles. The molecule has 1 amide bonds. The van der Waals surface area contributed by atoms with Gasteiger partial charge in [0, 0.05) is 17.5 Å². The first kappa shape index (κ1) is 16.2. The van der Waals surface area contributed by atoms with Gasteiger partial charge in [0.05, 0.1) is 11.5 Å². The third-order valence-electron chi connectivity index (χ3n) is 3.73. The summed E-state index contributed by atoms with van der Waals surface area (Å²) in [5.74, 6) is -0.265. The van der Waals surface area contributed by atoms with Gasteiger partial charge in [0.1, 0.15) is 5.75 Å². The van der Waals surface area contributed by atoms with Crippen LogP contribution in [0.1, 0.15) is 33.2 Å². The van der Waals surface area contributed by atoms with Crippen LogP contribution >= 0.6 is 0 Å². The molecule has 0 aliphatic carbocycles. The van der Waals surface area contributed by atoms with E-state index in [9.17, 15) is 18.0 Å². The van der Waals surface area contributed by atoms with E-state index in [1.165, 1.54) is 37.3 Å². The van der Waals surface area contributed by atoms with E-state index in [4.69, 9.17) is 4.74 Å². The topological polar surface area (TPSA) is 89.5 Å². The molecule has 24 heavy (non-hydrogen) atoms. The van der Waals surface area contributed by atoms with Crippen LogP contribution in [0.2, 0.25) is 0 Å². The zero-order valence-corrected chi connectivity index (χ0v) is 13.7. The van der Waals surface area contributed by atoms with Crippen LogP contribution in [-0.2, 0) is 16.4 Å². The Morgan fingerprint density at radius 3 is 2.62 bits per heavy atom. The average molecular weight is 345 g/mol. The lowest BCUT2D eigenvalue weighted by molar-refractivity contribution is 0.0979. The van der Waals surface area contributed by atoms with Gasteiger partial charge in [-0.1, -0.05) is 12.1 Å². The van der Waals surface area contributed by atoms with Gasteiger partial charge in [-0.2, -0.15) is 0 Å². The van der Waals surface area contributed by atoms with Crippen LogP contribution in [0, 0.1) is 0 Å². The van der Waals surface area contributed by atoms with E-state index in [2.05, 4.69) is 0 Å². The predicted molar refractivity (Wildman–Crippen MR) is 86.7 cm³/mol. The normalized spacial score (nSPS) is 13.0. The molecule has 1 heterocycles. The van der Waals surface area contributed by atoms with Crippen LogP contribution in [0.5, 0.6) is 5.75 Å². The summed E-state index contributed by atoms with van der Waals surface area (Å²) in [6, 6.07) is 10.3. The summed E-state index contributed by atoms with van der Waals surface area (Å²) in [7, 11) is -4.06. The minimum absolute atomic E-state index is 0.131. The summed E-state index contributed by atoms with van der Waals surface area (Å²) in [5.41, 5.74) is 1.38. The highest BCUT2D eigenvalue weighted by Crippen LogP contribution is 2.26. The molecule has 0 saturated carbocycles. The van der Waals surface area contributed by atoms with E-state index >= 15 is 0 Å². The summed E-state index contributed by atoms with van der Waals surface area (Å²) in [4.78, 5) is 23.5. The van der Waals surface area contributed by atoms with Crippen LogP contribution in [0.15, 0.2) is 47.4 Å². The summed E-state index contributed by atoms with van der Waals surface area (Å²) >= 11 is 0. The lowest BCUT2D eigenvalue weighted by atomic mass is 10.1. The van der Waals surface area contributed by atoms with Crippen molar-refractivity contribution in [2.75, 3.05) is 6.61 Å². The Morgan fingerprint density at radius 2 is 1.88 bits per heavy atom. The van der Waals surface area contributed by atoms with Crippen LogP contribution in [0.25, 0.3) is 0 Å². The van der Waals surface area contributed by atoms with E-state index in [0.29, 0.717) is 18.8 Å². The molecule has 1 N–H and O–H groups in total. The van der Waals surface area contributed by atoms with E-state index in [-0.39, 0.29) is 21.8 Å². The Balaban J connectivity index is 1.85. The Labute approximate surface area is 139 Å². The van der Waals surface area contributed by atoms with Gasteiger partial charge in [0.25, 0.3) is 15.9 Å². The first-order chi connectivity index (χ1) is 11.4. The smallest absolute Gasteiger partial charge is 0.265 e. The SMILES string of the molecule is CC(=O)c1cccc(S(=O)(=O)NC(=O)c2ccc3c(c2)CCO3)c1. The summed E-state index contributed by atoms with van der Waals surface area (Å²) in [6.45, 7) is 1.90. The highest BCUT2D eigenvalue weighted by molar-refractivity contribution is 7.90. The number of hydrogen-bond donors (Lipinski definition) is 1. The van der Waals surface area contributed by atoms with Gasteiger partial charge in [-0.05, 0) is 42.8 Å². The van der Waals surface area contributed by atoms with Crippen LogP contribution in [0.4, 0.5) is 0 Å². The second-order valence-electron chi connectivity index (χ2n) is 5.44. The number of fused-ring (bicyclic) bond motifs is 1. The Morgan fingerprint density at radius 1 is 1.08 bits per heavy atom. The zero-order chi connectivity index (χ0) is 17.3. The number of Topliss-reactive ketones (excluding diaryl/α,β-unsaturated/α-hetero) is 1. The van der Waals surface area contributed by atoms with Gasteiger partial charge in [0.2, 0.25) is 0 Å². The molecule has 1 aliphatic rings. The number of sulfonamides is 1. The number of carbonyl (C=O) groups is 2. The predicted octanol–water partition coefficient (Wildman–Crippen LogP) is 1.94. The number of rotatable bonds is 4. The fourth-order valence-corrected chi connectivity index (χ4v) is 3.47. The van der Waals surface area contributed by atoms with Gasteiger partial charge >= 0.3 is 0 Å². The highest BCUT2D eigenvalue weighted by Gasteiger charge is 2.21. The monoisotopic (exact) mass is 345 g/mol. The van der Waals surface area contributed by atoms with Crippen molar-refractivity contribution in [2.24, 2.45) is 0 Å². The third-order valence-corrected chi connectivity index (χ3v) is 5.06. The van der Waals surface area contributed by atoms with Crippen molar-refractivity contribution in [3.63, 3.8) is 0 Å². The van der Waals surface area contributed by atoms with Crippen molar-refractivity contribution >= 4 is 21.7 Å².